The lowest BCUT2D eigenvalue weighted by Gasteiger charge is -2.17. The maximum absolute atomic E-state index is 12.4. The molecule has 0 amide bonds. The number of rotatable bonds is 0. The van der Waals surface area contributed by atoms with Crippen molar-refractivity contribution in [2.24, 2.45) is 4.40 Å². The molecule has 92 valence electrons. The van der Waals surface area contributed by atoms with Crippen molar-refractivity contribution in [3.05, 3.63) is 64.7 Å². The molecule has 19 heavy (non-hydrogen) atoms. The monoisotopic (exact) mass is 269 g/mol. The highest BCUT2D eigenvalue weighted by molar-refractivity contribution is 7.90. The van der Waals surface area contributed by atoms with Crippen molar-refractivity contribution in [3.63, 3.8) is 0 Å². The van der Waals surface area contributed by atoms with Crippen molar-refractivity contribution in [2.75, 3.05) is 0 Å². The molecular formula is C14H7NO3S. The van der Waals surface area contributed by atoms with E-state index >= 15 is 0 Å². The van der Waals surface area contributed by atoms with Gasteiger partial charge in [-0.3, -0.25) is 4.79 Å². The van der Waals surface area contributed by atoms with E-state index in [0.29, 0.717) is 28.0 Å². The molecule has 5 heteroatoms. The number of ketones is 1. The number of fused-ring (bicyclic) bond motifs is 2. The van der Waals surface area contributed by atoms with Gasteiger partial charge in [-0.15, -0.1) is 0 Å². The Labute approximate surface area is 109 Å². The highest BCUT2D eigenvalue weighted by Gasteiger charge is 2.38. The predicted octanol–water partition coefficient (Wildman–Crippen LogP) is 1.77. The summed E-state index contributed by atoms with van der Waals surface area (Å²) >= 11 is 0. The van der Waals surface area contributed by atoms with Crippen LogP contribution in [-0.4, -0.2) is 19.9 Å². The molecular weight excluding hydrogens is 262 g/mol. The summed E-state index contributed by atoms with van der Waals surface area (Å²) in [6.45, 7) is 0. The average molecular weight is 269 g/mol. The highest BCUT2D eigenvalue weighted by Crippen LogP contribution is 2.37. The van der Waals surface area contributed by atoms with Crippen LogP contribution in [0.2, 0.25) is 0 Å². The van der Waals surface area contributed by atoms with Gasteiger partial charge in [-0.1, -0.05) is 36.4 Å². The lowest BCUT2D eigenvalue weighted by Crippen LogP contribution is -2.20. The van der Waals surface area contributed by atoms with E-state index in [1.165, 1.54) is 6.07 Å². The number of carbonyl (C=O) groups excluding carboxylic acids is 1. The highest BCUT2D eigenvalue weighted by atomic mass is 32.2. The molecule has 0 saturated carbocycles. The lowest BCUT2D eigenvalue weighted by molar-refractivity contribution is 0.103. The first-order valence-corrected chi connectivity index (χ1v) is 7.16. The van der Waals surface area contributed by atoms with Crippen LogP contribution in [0.4, 0.5) is 0 Å². The summed E-state index contributed by atoms with van der Waals surface area (Å²) in [5.41, 5.74) is 2.35. The van der Waals surface area contributed by atoms with Crippen LogP contribution < -0.4 is 0 Å². The van der Waals surface area contributed by atoms with Gasteiger partial charge >= 0.3 is 0 Å². The summed E-state index contributed by atoms with van der Waals surface area (Å²) in [4.78, 5) is 12.5. The third-order valence-corrected chi connectivity index (χ3v) is 4.74. The minimum Gasteiger partial charge on any atom is -0.289 e. The van der Waals surface area contributed by atoms with Gasteiger partial charge in [0, 0.05) is 22.3 Å². The largest absolute Gasteiger partial charge is 0.289 e. The quantitative estimate of drug-likeness (QED) is 0.624. The standard InChI is InChI=1S/C14H7NO3S/c16-14-9-5-2-1-4-8(9)13-12-10(14)6-3-7-11(12)19(17,18)15-13/h1-7H. The zero-order chi connectivity index (χ0) is 13.2. The van der Waals surface area contributed by atoms with Crippen molar-refractivity contribution in [3.8, 4) is 0 Å². The molecule has 2 aliphatic rings. The summed E-state index contributed by atoms with van der Waals surface area (Å²) in [6.07, 6.45) is 0. The lowest BCUT2D eigenvalue weighted by atomic mass is 9.84. The minimum absolute atomic E-state index is 0.128. The number of benzene rings is 2. The van der Waals surface area contributed by atoms with Crippen LogP contribution in [0.1, 0.15) is 27.0 Å². The average Bonchev–Trinajstić information content (AvgIpc) is 2.69. The van der Waals surface area contributed by atoms with Crippen molar-refractivity contribution >= 4 is 21.5 Å². The van der Waals surface area contributed by atoms with Gasteiger partial charge in [0.2, 0.25) is 0 Å². The van der Waals surface area contributed by atoms with Crippen LogP contribution >= 0.6 is 0 Å². The third-order valence-electron chi connectivity index (χ3n) is 3.42. The van der Waals surface area contributed by atoms with Crippen LogP contribution in [0, 0.1) is 0 Å². The molecule has 4 rings (SSSR count). The summed E-state index contributed by atoms with van der Waals surface area (Å²) < 4.78 is 27.9. The van der Waals surface area contributed by atoms with Crippen LogP contribution in [0.15, 0.2) is 51.8 Å². The first-order chi connectivity index (χ1) is 9.09. The summed E-state index contributed by atoms with van der Waals surface area (Å²) in [7, 11) is -3.68. The third kappa shape index (κ3) is 1.20. The topological polar surface area (TPSA) is 63.6 Å². The predicted molar refractivity (Wildman–Crippen MR) is 69.1 cm³/mol. The van der Waals surface area contributed by atoms with E-state index in [4.69, 9.17) is 0 Å². The SMILES string of the molecule is O=C1c2ccccc2C2=NS(=O)(=O)c3cccc1c32. The molecule has 0 radical (unpaired) electrons. The maximum atomic E-state index is 12.4. The fraction of sp³-hybridized carbons (Fsp3) is 0. The molecule has 1 heterocycles. The van der Waals surface area contributed by atoms with Crippen LogP contribution in [0.5, 0.6) is 0 Å². The Balaban J connectivity index is 2.23. The molecule has 0 saturated heterocycles. The number of carbonyl (C=O) groups is 1. The van der Waals surface area contributed by atoms with Gasteiger partial charge in [-0.25, -0.2) is 0 Å². The molecule has 0 spiro atoms. The fourth-order valence-electron chi connectivity index (χ4n) is 2.61. The van der Waals surface area contributed by atoms with E-state index in [1.54, 1.807) is 36.4 Å². The van der Waals surface area contributed by atoms with Crippen molar-refractivity contribution < 1.29 is 13.2 Å². The molecule has 2 aromatic carbocycles. The van der Waals surface area contributed by atoms with Gasteiger partial charge in [0.05, 0.1) is 10.6 Å². The second kappa shape index (κ2) is 3.19. The molecule has 1 aliphatic carbocycles. The molecule has 0 bridgehead atoms. The second-order valence-electron chi connectivity index (χ2n) is 4.47. The summed E-state index contributed by atoms with van der Waals surface area (Å²) in [5, 5.41) is 0. The van der Waals surface area contributed by atoms with Gasteiger partial charge in [-0.2, -0.15) is 12.8 Å². The van der Waals surface area contributed by atoms with Crippen LogP contribution in [-0.2, 0) is 10.0 Å². The smallest absolute Gasteiger partial charge is 0.283 e. The Morgan fingerprint density at radius 3 is 2.32 bits per heavy atom. The number of nitrogens with zero attached hydrogens (tertiary/aromatic N) is 1. The molecule has 4 nitrogen and oxygen atoms in total. The van der Waals surface area contributed by atoms with E-state index in [1.807, 2.05) is 0 Å². The van der Waals surface area contributed by atoms with E-state index in [2.05, 4.69) is 4.40 Å². The molecule has 0 N–H and O–H groups in total. The Kier molecular flexibility index (Phi) is 1.78. The zero-order valence-corrected chi connectivity index (χ0v) is 10.4. The van der Waals surface area contributed by atoms with Crippen LogP contribution in [0.25, 0.3) is 0 Å². The van der Waals surface area contributed by atoms with E-state index < -0.39 is 10.0 Å². The van der Waals surface area contributed by atoms with E-state index in [-0.39, 0.29) is 10.7 Å². The Hall–Kier alpha value is -2.27. The van der Waals surface area contributed by atoms with Gasteiger partial charge in [-0.05, 0) is 6.07 Å². The molecule has 0 fully saturated rings. The first kappa shape index (κ1) is 10.6. The van der Waals surface area contributed by atoms with Crippen LogP contribution in [0.3, 0.4) is 0 Å². The molecule has 0 unspecified atom stereocenters. The van der Waals surface area contributed by atoms with Gasteiger partial charge in [0.25, 0.3) is 10.0 Å². The maximum Gasteiger partial charge on any atom is 0.283 e. The van der Waals surface area contributed by atoms with Crippen molar-refractivity contribution in [1.82, 2.24) is 0 Å². The minimum atomic E-state index is -3.68. The summed E-state index contributed by atoms with van der Waals surface area (Å²) in [6, 6.07) is 11.7. The van der Waals surface area contributed by atoms with Gasteiger partial charge in [0.15, 0.2) is 5.78 Å². The second-order valence-corrected chi connectivity index (χ2v) is 6.04. The number of hydrogen-bond acceptors (Lipinski definition) is 3. The van der Waals surface area contributed by atoms with Gasteiger partial charge in [0.1, 0.15) is 0 Å². The molecule has 1 aliphatic heterocycles. The fourth-order valence-corrected chi connectivity index (χ4v) is 3.85. The zero-order valence-electron chi connectivity index (χ0n) is 9.62. The Morgan fingerprint density at radius 2 is 1.53 bits per heavy atom. The van der Waals surface area contributed by atoms with Crippen molar-refractivity contribution in [2.45, 2.75) is 4.90 Å². The van der Waals surface area contributed by atoms with E-state index in [9.17, 15) is 13.2 Å². The summed E-state index contributed by atoms with van der Waals surface area (Å²) in [5.74, 6) is -0.150. The first-order valence-electron chi connectivity index (χ1n) is 5.72. The van der Waals surface area contributed by atoms with E-state index in [0.717, 1.165) is 0 Å². The molecule has 0 atom stereocenters. The van der Waals surface area contributed by atoms with Gasteiger partial charge < -0.3 is 0 Å². The Morgan fingerprint density at radius 1 is 0.842 bits per heavy atom. The number of hydrogen-bond donors (Lipinski definition) is 0. The molecule has 2 aromatic rings. The molecule has 0 aromatic heterocycles. The normalized spacial score (nSPS) is 17.7. The van der Waals surface area contributed by atoms with Crippen molar-refractivity contribution in [1.29, 1.82) is 0 Å². The Bertz CT molecular complexity index is 895. The number of sulfonamides is 1.